The van der Waals surface area contributed by atoms with Crippen molar-refractivity contribution >= 4 is 69.5 Å². The van der Waals surface area contributed by atoms with Gasteiger partial charge in [-0.2, -0.15) is 21.0 Å². The zero-order chi connectivity index (χ0) is 103. The molecule has 0 saturated carbocycles. The van der Waals surface area contributed by atoms with Crippen LogP contribution in [0.4, 0.5) is 19.2 Å². The summed E-state index contributed by atoms with van der Waals surface area (Å²) >= 11 is 6.49. The van der Waals surface area contributed by atoms with Gasteiger partial charge in [0.1, 0.15) is 67.3 Å². The van der Waals surface area contributed by atoms with Gasteiger partial charge in [-0.25, -0.2) is 39.1 Å². The summed E-state index contributed by atoms with van der Waals surface area (Å²) in [5, 5.41) is 55.0. The molecule has 12 aromatic rings. The number of likely N-dealkylation sites (tertiary alicyclic amines) is 4. The predicted octanol–water partition coefficient (Wildman–Crippen LogP) is 22.6. The SMILES string of the molecule is CC(C)Oc1ccc(-c2ncc(-c3cccc4c3CC[C@@H]4NC(=O)N3CC[C@@H](C)C3)s2)cc1C#N.CC(C)Oc1ccc(-c2ncc(-c3cccc4c3CC[C@@H]4NC(=O)N3CC[C@H](N(C)C)C3)s2)cc1C#N.CC(C)Oc1ccc(-c2ncc(-c3cccc4c3CC[C@H]4NC(=O)N3CC[C@@H](N(C)C)C3)s2)cc1C#N.CC(C)Oc1ccc(-c2ncc(-c3cccc4c3CC[C@H]4NC(=O)N3CC[C@H](N(C)C)C3)s2)cc1C#N. The van der Waals surface area contributed by atoms with Crippen LogP contribution in [0.25, 0.3) is 84.0 Å². The van der Waals surface area contributed by atoms with Crippen molar-refractivity contribution in [2.75, 3.05) is 94.6 Å². The number of hydrogen-bond acceptors (Lipinski definition) is 23. The van der Waals surface area contributed by atoms with Gasteiger partial charge in [0.2, 0.25) is 0 Å². The molecule has 8 atom stereocenters. The molecular weight excluding hydrogens is 1900 g/mol. The number of hydrogen-bond donors (Lipinski definition) is 4. The second-order valence-electron chi connectivity index (χ2n) is 40.6. The number of amides is 8. The van der Waals surface area contributed by atoms with Crippen LogP contribution in [0.15, 0.2) is 170 Å². The van der Waals surface area contributed by atoms with E-state index in [9.17, 15) is 40.2 Å². The molecule has 0 radical (unpaired) electrons. The lowest BCUT2D eigenvalue weighted by Gasteiger charge is -2.23. The van der Waals surface area contributed by atoms with Crippen LogP contribution in [-0.4, -0.2) is 216 Å². The zero-order valence-corrected chi connectivity index (χ0v) is 89.1. The maximum atomic E-state index is 13.0. The van der Waals surface area contributed by atoms with E-state index in [-0.39, 0.29) is 72.7 Å². The van der Waals surface area contributed by atoms with Crippen molar-refractivity contribution in [3.05, 3.63) is 237 Å². The lowest BCUT2D eigenvalue weighted by Crippen LogP contribution is -2.41. The minimum atomic E-state index is 0.00325. The van der Waals surface area contributed by atoms with Crippen molar-refractivity contribution in [1.82, 2.24) is 75.5 Å². The fraction of sp³-hybridized carbons (Fsp3) is 0.409. The Balaban J connectivity index is 0.000000133. The Kier molecular flexibility index (Phi) is 33.0. The zero-order valence-electron chi connectivity index (χ0n) is 85.8. The van der Waals surface area contributed by atoms with Gasteiger partial charge in [-0.15, -0.1) is 45.3 Å². The van der Waals surface area contributed by atoms with Gasteiger partial charge in [0.05, 0.1) is 90.3 Å². The van der Waals surface area contributed by atoms with E-state index in [4.69, 9.17) is 18.9 Å². The minimum absolute atomic E-state index is 0.00325. The van der Waals surface area contributed by atoms with Gasteiger partial charge >= 0.3 is 24.1 Å². The number of benzene rings is 8. The molecular formula is C115H129N19O8S4. The Labute approximate surface area is 873 Å². The number of nitrogens with zero attached hydrogens (tertiary/aromatic N) is 15. The third-order valence-electron chi connectivity index (χ3n) is 28.5. The smallest absolute Gasteiger partial charge is 0.317 e. The average molecular weight is 2030 g/mol. The maximum absolute atomic E-state index is 13.0. The van der Waals surface area contributed by atoms with E-state index in [1.165, 1.54) is 66.8 Å². The molecule has 31 heteroatoms. The van der Waals surface area contributed by atoms with E-state index in [1.54, 1.807) is 45.3 Å². The topological polar surface area (TPSA) is 323 Å². The molecule has 8 amide bonds. The molecule has 0 spiro atoms. The summed E-state index contributed by atoms with van der Waals surface area (Å²) in [7, 11) is 12.4. The number of rotatable bonds is 23. The number of ether oxygens (including phenoxy) is 4. The van der Waals surface area contributed by atoms with Crippen molar-refractivity contribution < 1.29 is 38.1 Å². The molecule has 4 fully saturated rings. The van der Waals surface area contributed by atoms with Gasteiger partial charge in [0, 0.05) is 118 Å². The number of thiazole rings is 4. The number of carbonyl (C=O) groups excluding carboxylic acids is 4. The van der Waals surface area contributed by atoms with E-state index >= 15 is 0 Å². The largest absolute Gasteiger partial charge is 0.490 e. The quantitative estimate of drug-likeness (QED) is 0.0462. The number of likely N-dealkylation sites (N-methyl/N-ethyl adjacent to an activating group) is 3. The fourth-order valence-electron chi connectivity index (χ4n) is 20.8. The second kappa shape index (κ2) is 46.4. The third-order valence-corrected chi connectivity index (χ3v) is 32.8. The number of aromatic nitrogens is 4. The van der Waals surface area contributed by atoms with Crippen LogP contribution in [0.5, 0.6) is 23.0 Å². The molecule has 4 aliphatic heterocycles. The second-order valence-corrected chi connectivity index (χ2v) is 44.8. The summed E-state index contributed by atoms with van der Waals surface area (Å²) in [6.45, 7) is 24.2. The van der Waals surface area contributed by atoms with E-state index in [0.29, 0.717) is 69.3 Å². The van der Waals surface area contributed by atoms with Crippen molar-refractivity contribution in [2.24, 2.45) is 5.92 Å². The van der Waals surface area contributed by atoms with Crippen molar-refractivity contribution in [3.8, 4) is 131 Å². The molecule has 8 aliphatic rings. The molecule has 4 saturated heterocycles. The Morgan fingerprint density at radius 2 is 0.568 bits per heavy atom. The number of fused-ring (bicyclic) bond motifs is 4. The normalized spacial score (nSPS) is 18.8. The Bertz CT molecular complexity index is 6460. The monoisotopic (exact) mass is 2030 g/mol. The number of nitrogens with one attached hydrogen (secondary N) is 4. The molecule has 4 N–H and O–H groups in total. The van der Waals surface area contributed by atoms with Gasteiger partial charge in [-0.1, -0.05) is 79.7 Å². The predicted molar refractivity (Wildman–Crippen MR) is 579 cm³/mol. The van der Waals surface area contributed by atoms with Crippen LogP contribution >= 0.6 is 45.3 Å². The van der Waals surface area contributed by atoms with Crippen LogP contribution < -0.4 is 40.2 Å². The molecule has 4 aromatic heterocycles. The van der Waals surface area contributed by atoms with Gasteiger partial charge in [0.15, 0.2) is 0 Å². The van der Waals surface area contributed by atoms with E-state index in [1.807, 2.05) is 173 Å². The highest BCUT2D eigenvalue weighted by Gasteiger charge is 2.38. The van der Waals surface area contributed by atoms with Gasteiger partial charge < -0.3 is 74.5 Å². The van der Waals surface area contributed by atoms with Gasteiger partial charge in [-0.05, 0) is 320 Å². The molecule has 756 valence electrons. The molecule has 20 rings (SSSR count). The van der Waals surface area contributed by atoms with Gasteiger partial charge in [-0.3, -0.25) is 0 Å². The van der Waals surface area contributed by atoms with Crippen LogP contribution in [0.2, 0.25) is 0 Å². The summed E-state index contributed by atoms with van der Waals surface area (Å²) < 4.78 is 23.0. The van der Waals surface area contributed by atoms with Crippen LogP contribution in [0.3, 0.4) is 0 Å². The summed E-state index contributed by atoms with van der Waals surface area (Å²) in [6.07, 6.45) is 19.1. The van der Waals surface area contributed by atoms with Crippen molar-refractivity contribution in [3.63, 3.8) is 0 Å². The average Bonchev–Trinajstić information content (AvgIpc) is 1.64. The van der Waals surface area contributed by atoms with Crippen LogP contribution in [0, 0.1) is 51.2 Å². The number of nitriles is 4. The maximum Gasteiger partial charge on any atom is 0.317 e. The Hall–Kier alpha value is -13.6. The van der Waals surface area contributed by atoms with Crippen LogP contribution in [0.1, 0.15) is 205 Å². The first-order valence-electron chi connectivity index (χ1n) is 50.8. The standard InChI is InChI=1S/3C29H33N5O2S.C28H30N4O2S/c3*1-18(2)36-26-11-8-19(14-20(26)15-30)28-31-16-27(37-28)24-7-5-6-23-22(24)9-10-25(23)32-29(35)34-13-12-21(17-34)33(3)4;1-17(2)34-25-10-7-19(13-20(25)14-29)27-30-15-26(35-27)23-6-4-5-22-21(23)8-9-24(22)31-28(33)32-12-11-18(3)16-32/h3*5-8,11,14,16,18,21,25H,9-10,12-13,17H2,1-4H3,(H,32,35);4-7,10,13,15,17-18,24H,8-9,11-12,16H2,1-3H3,(H,31,33)/t21-,25+;2*21-,25-;18-,24+/m0101/s1. The molecule has 146 heavy (non-hydrogen) atoms. The van der Waals surface area contributed by atoms with E-state index in [0.717, 1.165) is 191 Å². The lowest BCUT2D eigenvalue weighted by molar-refractivity contribution is 0.198. The first-order valence-corrected chi connectivity index (χ1v) is 54.1. The first-order chi connectivity index (χ1) is 70.4. The summed E-state index contributed by atoms with van der Waals surface area (Å²) in [5.74, 6) is 2.96. The third kappa shape index (κ3) is 23.9. The van der Waals surface area contributed by atoms with E-state index < -0.39 is 0 Å². The molecule has 4 aliphatic carbocycles. The summed E-state index contributed by atoms with van der Waals surface area (Å²) in [5.41, 5.74) is 20.3. The van der Waals surface area contributed by atoms with E-state index in [2.05, 4.69) is 202 Å². The molecule has 0 unspecified atom stereocenters. The molecule has 8 aromatic carbocycles. The van der Waals surface area contributed by atoms with Gasteiger partial charge in [0.25, 0.3) is 0 Å². The van der Waals surface area contributed by atoms with Crippen molar-refractivity contribution in [1.29, 1.82) is 21.0 Å². The highest BCUT2D eigenvalue weighted by Crippen LogP contribution is 2.48. The van der Waals surface area contributed by atoms with Crippen LogP contribution in [-0.2, 0) is 25.7 Å². The lowest BCUT2D eigenvalue weighted by atomic mass is 10.0. The summed E-state index contributed by atoms with van der Waals surface area (Å²) in [4.78, 5) is 89.2. The minimum Gasteiger partial charge on any atom is -0.490 e. The summed E-state index contributed by atoms with van der Waals surface area (Å²) in [6, 6.07) is 58.6. The first kappa shape index (κ1) is 104. The number of carbonyl (C=O) groups is 4. The fourth-order valence-corrected chi connectivity index (χ4v) is 24.7. The molecule has 8 heterocycles. The highest BCUT2D eigenvalue weighted by molar-refractivity contribution is 7.19. The molecule has 27 nitrogen and oxygen atoms in total. The van der Waals surface area contributed by atoms with Crippen molar-refractivity contribution in [2.45, 2.75) is 206 Å². The Morgan fingerprint density at radius 1 is 0.336 bits per heavy atom. The number of urea groups is 4. The highest BCUT2D eigenvalue weighted by atomic mass is 32.1. The Morgan fingerprint density at radius 3 is 0.774 bits per heavy atom. The molecule has 0 bridgehead atoms.